The van der Waals surface area contributed by atoms with Gasteiger partial charge in [0.1, 0.15) is 11.6 Å². The zero-order valence-electron chi connectivity index (χ0n) is 11.7. The zero-order chi connectivity index (χ0) is 16.2. The van der Waals surface area contributed by atoms with Crippen LogP contribution in [0, 0.1) is 11.6 Å². The molecule has 0 radical (unpaired) electrons. The highest BCUT2D eigenvalue weighted by molar-refractivity contribution is 5.92. The Morgan fingerprint density at radius 1 is 1.13 bits per heavy atom. The zero-order valence-corrected chi connectivity index (χ0v) is 11.7. The van der Waals surface area contributed by atoms with Crippen molar-refractivity contribution in [3.05, 3.63) is 66.5 Å². The molecule has 1 amide bonds. The molecule has 23 heavy (non-hydrogen) atoms. The number of carbonyl (C=O) groups excluding carboxylic acids is 1. The molecule has 0 aliphatic rings. The van der Waals surface area contributed by atoms with Crippen LogP contribution in [0.1, 0.15) is 0 Å². The van der Waals surface area contributed by atoms with E-state index < -0.39 is 17.7 Å². The minimum atomic E-state index is -0.749. The van der Waals surface area contributed by atoms with Crippen LogP contribution in [0.2, 0.25) is 0 Å². The number of H-pyrrole nitrogens is 1. The fourth-order valence-electron chi connectivity index (χ4n) is 2.07. The normalized spacial score (nSPS) is 10.3. The van der Waals surface area contributed by atoms with Crippen molar-refractivity contribution >= 4 is 11.8 Å². The van der Waals surface area contributed by atoms with E-state index in [0.717, 1.165) is 12.1 Å². The minimum absolute atomic E-state index is 0.172. The van der Waals surface area contributed by atoms with Crippen LogP contribution in [0.3, 0.4) is 0 Å². The Kier molecular flexibility index (Phi) is 4.01. The van der Waals surface area contributed by atoms with E-state index in [1.807, 2.05) is 0 Å². The fourth-order valence-corrected chi connectivity index (χ4v) is 2.07. The molecule has 0 atom stereocenters. The number of carbonyl (C=O) groups is 1. The van der Waals surface area contributed by atoms with Gasteiger partial charge in [-0.1, -0.05) is 18.2 Å². The molecule has 0 saturated carbocycles. The summed E-state index contributed by atoms with van der Waals surface area (Å²) in [6.07, 6.45) is 2.00. The topological polar surface area (TPSA) is 67.0 Å². The second-order valence-corrected chi connectivity index (χ2v) is 4.62. The Balaban J connectivity index is 1.87. The van der Waals surface area contributed by atoms with Gasteiger partial charge in [0.15, 0.2) is 5.75 Å². The standard InChI is InChI=1S/C16H11F2N3O2/c17-10-5-6-12(14(18)7-10)13-3-1-2-4-15(13)21-16(22)23-11-8-19-20-9-11/h1-9H,(H,19,20)(H,21,22). The van der Waals surface area contributed by atoms with Crippen molar-refractivity contribution < 1.29 is 18.3 Å². The number of aromatic nitrogens is 2. The van der Waals surface area contributed by atoms with Gasteiger partial charge in [-0.05, 0) is 18.2 Å². The van der Waals surface area contributed by atoms with Crippen LogP contribution in [0.5, 0.6) is 5.75 Å². The van der Waals surface area contributed by atoms with Gasteiger partial charge in [0, 0.05) is 17.2 Å². The Morgan fingerprint density at radius 3 is 2.70 bits per heavy atom. The molecule has 0 fully saturated rings. The Hall–Kier alpha value is -3.22. The maximum absolute atomic E-state index is 14.0. The third-order valence-corrected chi connectivity index (χ3v) is 3.07. The molecule has 5 nitrogen and oxygen atoms in total. The van der Waals surface area contributed by atoms with E-state index in [1.165, 1.54) is 18.5 Å². The fraction of sp³-hybridized carbons (Fsp3) is 0. The molecular weight excluding hydrogens is 304 g/mol. The van der Waals surface area contributed by atoms with Crippen molar-refractivity contribution in [1.82, 2.24) is 10.2 Å². The molecule has 0 aliphatic heterocycles. The predicted octanol–water partition coefficient (Wildman–Crippen LogP) is 3.97. The molecule has 7 heteroatoms. The molecule has 3 aromatic rings. The Bertz CT molecular complexity index is 835. The average Bonchev–Trinajstić information content (AvgIpc) is 3.01. The minimum Gasteiger partial charge on any atom is -0.407 e. The van der Waals surface area contributed by atoms with E-state index in [2.05, 4.69) is 15.5 Å². The third kappa shape index (κ3) is 3.34. The number of ether oxygens (including phenoxy) is 1. The molecule has 0 spiro atoms. The summed E-state index contributed by atoms with van der Waals surface area (Å²) in [5.41, 5.74) is 0.922. The van der Waals surface area contributed by atoms with Crippen molar-refractivity contribution in [2.45, 2.75) is 0 Å². The molecule has 0 bridgehead atoms. The van der Waals surface area contributed by atoms with E-state index in [4.69, 9.17) is 4.74 Å². The quantitative estimate of drug-likeness (QED) is 0.768. The summed E-state index contributed by atoms with van der Waals surface area (Å²) in [6, 6.07) is 9.82. The lowest BCUT2D eigenvalue weighted by molar-refractivity contribution is 0.215. The summed E-state index contributed by atoms with van der Waals surface area (Å²) in [5.74, 6) is -1.15. The number of aromatic amines is 1. The maximum atomic E-state index is 14.0. The van der Waals surface area contributed by atoms with Crippen molar-refractivity contribution in [2.24, 2.45) is 0 Å². The summed E-state index contributed by atoms with van der Waals surface area (Å²) in [7, 11) is 0. The molecule has 0 saturated heterocycles. The molecule has 116 valence electrons. The second-order valence-electron chi connectivity index (χ2n) is 4.62. The van der Waals surface area contributed by atoms with Crippen LogP contribution < -0.4 is 10.1 Å². The summed E-state index contributed by atoms with van der Waals surface area (Å²) in [5, 5.41) is 8.69. The summed E-state index contributed by atoms with van der Waals surface area (Å²) in [4.78, 5) is 11.9. The first-order valence-electron chi connectivity index (χ1n) is 6.65. The average molecular weight is 315 g/mol. The number of hydrogen-bond donors (Lipinski definition) is 2. The number of nitrogens with one attached hydrogen (secondary N) is 2. The molecule has 1 aromatic heterocycles. The van der Waals surface area contributed by atoms with Gasteiger partial charge in [0.05, 0.1) is 18.1 Å². The number of halogens is 2. The van der Waals surface area contributed by atoms with Crippen molar-refractivity contribution in [2.75, 3.05) is 5.32 Å². The first-order chi connectivity index (χ1) is 11.1. The van der Waals surface area contributed by atoms with Crippen LogP contribution in [-0.4, -0.2) is 16.3 Å². The smallest absolute Gasteiger partial charge is 0.407 e. The van der Waals surface area contributed by atoms with E-state index >= 15 is 0 Å². The molecule has 3 rings (SSSR count). The number of amides is 1. The van der Waals surface area contributed by atoms with Crippen LogP contribution in [0.25, 0.3) is 11.1 Å². The van der Waals surface area contributed by atoms with E-state index in [1.54, 1.807) is 24.3 Å². The predicted molar refractivity (Wildman–Crippen MR) is 80.0 cm³/mol. The molecule has 0 aliphatic carbocycles. The first-order valence-corrected chi connectivity index (χ1v) is 6.65. The van der Waals surface area contributed by atoms with Gasteiger partial charge >= 0.3 is 6.09 Å². The van der Waals surface area contributed by atoms with Crippen LogP contribution in [-0.2, 0) is 0 Å². The number of benzene rings is 2. The van der Waals surface area contributed by atoms with Gasteiger partial charge in [0.25, 0.3) is 0 Å². The highest BCUT2D eigenvalue weighted by Gasteiger charge is 2.13. The lowest BCUT2D eigenvalue weighted by Gasteiger charge is -2.11. The van der Waals surface area contributed by atoms with Crippen molar-refractivity contribution in [3.63, 3.8) is 0 Å². The Labute approximate surface area is 129 Å². The molecule has 0 unspecified atom stereocenters. The van der Waals surface area contributed by atoms with Gasteiger partial charge in [-0.15, -0.1) is 0 Å². The van der Waals surface area contributed by atoms with Gasteiger partial charge in [0.2, 0.25) is 0 Å². The van der Waals surface area contributed by atoms with Gasteiger partial charge in [-0.25, -0.2) is 13.6 Å². The van der Waals surface area contributed by atoms with Crippen molar-refractivity contribution in [3.8, 4) is 16.9 Å². The van der Waals surface area contributed by atoms with E-state index in [0.29, 0.717) is 11.3 Å². The summed E-state index contributed by atoms with van der Waals surface area (Å²) in [6.45, 7) is 0. The highest BCUT2D eigenvalue weighted by atomic mass is 19.1. The largest absolute Gasteiger partial charge is 0.417 e. The maximum Gasteiger partial charge on any atom is 0.417 e. The van der Waals surface area contributed by atoms with Gasteiger partial charge < -0.3 is 4.74 Å². The van der Waals surface area contributed by atoms with E-state index in [-0.39, 0.29) is 11.3 Å². The summed E-state index contributed by atoms with van der Waals surface area (Å²) < 4.78 is 32.0. The van der Waals surface area contributed by atoms with E-state index in [9.17, 15) is 13.6 Å². The number of hydrogen-bond acceptors (Lipinski definition) is 3. The molecular formula is C16H11F2N3O2. The third-order valence-electron chi connectivity index (χ3n) is 3.07. The monoisotopic (exact) mass is 315 g/mol. The molecule has 2 aromatic carbocycles. The van der Waals surface area contributed by atoms with Crippen molar-refractivity contribution in [1.29, 1.82) is 0 Å². The van der Waals surface area contributed by atoms with Gasteiger partial charge in [-0.2, -0.15) is 5.10 Å². The number of para-hydroxylation sites is 1. The van der Waals surface area contributed by atoms with Crippen LogP contribution in [0.4, 0.5) is 19.3 Å². The lowest BCUT2D eigenvalue weighted by Crippen LogP contribution is -2.17. The van der Waals surface area contributed by atoms with Gasteiger partial charge in [-0.3, -0.25) is 10.4 Å². The van der Waals surface area contributed by atoms with Crippen LogP contribution in [0.15, 0.2) is 54.9 Å². The number of nitrogens with zero attached hydrogens (tertiary/aromatic N) is 1. The highest BCUT2D eigenvalue weighted by Crippen LogP contribution is 2.30. The second kappa shape index (κ2) is 6.27. The number of anilines is 1. The SMILES string of the molecule is O=C(Nc1ccccc1-c1ccc(F)cc1F)Oc1cn[nH]c1. The number of rotatable bonds is 3. The molecule has 1 heterocycles. The van der Waals surface area contributed by atoms with Crippen LogP contribution >= 0.6 is 0 Å². The summed E-state index contributed by atoms with van der Waals surface area (Å²) >= 11 is 0. The lowest BCUT2D eigenvalue weighted by atomic mass is 10.0. The Morgan fingerprint density at radius 2 is 1.96 bits per heavy atom. The molecule has 2 N–H and O–H groups in total. The first kappa shape index (κ1) is 14.7.